The molecule has 184 valence electrons. The molecule has 0 heterocycles. The van der Waals surface area contributed by atoms with Gasteiger partial charge in [-0.15, -0.1) is 0 Å². The van der Waals surface area contributed by atoms with E-state index in [0.29, 0.717) is 0 Å². The summed E-state index contributed by atoms with van der Waals surface area (Å²) >= 11 is 0. The van der Waals surface area contributed by atoms with Gasteiger partial charge >= 0.3 is 5.76 Å². The first kappa shape index (κ1) is 26.1. The average Bonchev–Trinajstić information content (AvgIpc) is 2.97. The fourth-order valence-electron chi connectivity index (χ4n) is 3.84. The van der Waals surface area contributed by atoms with Crippen LogP contribution < -0.4 is 9.88 Å². The molecule has 0 saturated carbocycles. The van der Waals surface area contributed by atoms with E-state index >= 15 is 8.78 Å². The van der Waals surface area contributed by atoms with E-state index in [2.05, 4.69) is 0 Å². The van der Waals surface area contributed by atoms with Crippen LogP contribution in [-0.2, 0) is 27.2 Å². The van der Waals surface area contributed by atoms with Crippen molar-refractivity contribution in [1.82, 2.24) is 0 Å². The lowest BCUT2D eigenvalue weighted by molar-refractivity contribution is -0.0204. The van der Waals surface area contributed by atoms with Crippen LogP contribution in [0.3, 0.4) is 0 Å². The monoisotopic (exact) mass is 522 g/mol. The molecule has 2 N–H and O–H groups in total. The largest absolute Gasteiger partial charge is 0.457 e. The number of alkyl halides is 4. The topological polar surface area (TPSA) is 110 Å². The molecular weight excluding hydrogens is 503 g/mol. The fraction of sp³-hybridized carbons (Fsp3) is 0.381. The van der Waals surface area contributed by atoms with Crippen LogP contribution in [0.5, 0.6) is 11.5 Å². The van der Waals surface area contributed by atoms with Crippen LogP contribution in [0.4, 0.5) is 22.0 Å². The highest BCUT2D eigenvalue weighted by Crippen LogP contribution is 2.54. The summed E-state index contributed by atoms with van der Waals surface area (Å²) in [4.78, 5) is -0.998. The molecule has 1 aliphatic rings. The van der Waals surface area contributed by atoms with Gasteiger partial charge in [0.2, 0.25) is 9.84 Å². The number of benzene rings is 2. The molecule has 3 rings (SSSR count). The molecule has 13 heteroatoms. The molecule has 0 saturated heterocycles. The van der Waals surface area contributed by atoms with Gasteiger partial charge < -0.3 is 4.74 Å². The number of nitriles is 1. The highest BCUT2D eigenvalue weighted by Gasteiger charge is 2.53. The first-order valence-electron chi connectivity index (χ1n) is 9.70. The molecule has 34 heavy (non-hydrogen) atoms. The minimum absolute atomic E-state index is 0.126. The number of halogens is 5. The summed E-state index contributed by atoms with van der Waals surface area (Å²) in [7, 11) is -7.40. The Morgan fingerprint density at radius 1 is 1.29 bits per heavy atom. The van der Waals surface area contributed by atoms with Gasteiger partial charge in [0, 0.05) is 18.1 Å². The van der Waals surface area contributed by atoms with Crippen LogP contribution in [0.2, 0.25) is 0 Å². The van der Waals surface area contributed by atoms with Gasteiger partial charge in [-0.1, -0.05) is 0 Å². The highest BCUT2D eigenvalue weighted by molar-refractivity contribution is 7.91. The number of sulfone groups is 1. The number of rotatable bonds is 7. The third kappa shape index (κ3) is 4.80. The molecule has 1 unspecified atom stereocenters. The third-order valence-corrected chi connectivity index (χ3v) is 8.25. The molecule has 0 aliphatic heterocycles. The predicted molar refractivity (Wildman–Crippen MR) is 113 cm³/mol. The minimum Gasteiger partial charge on any atom is -0.457 e. The first-order chi connectivity index (χ1) is 15.6. The second-order valence-electron chi connectivity index (χ2n) is 8.40. The number of nitrogens with two attached hydrogens (primary N) is 1. The van der Waals surface area contributed by atoms with Gasteiger partial charge in [0.25, 0.3) is 5.92 Å². The summed E-state index contributed by atoms with van der Waals surface area (Å²) in [6, 6.07) is 6.27. The fourth-order valence-corrected chi connectivity index (χ4v) is 5.19. The summed E-state index contributed by atoms with van der Waals surface area (Å²) in [5.74, 6) is -10.8. The molecule has 6 nitrogen and oxygen atoms in total. The Morgan fingerprint density at radius 3 is 2.50 bits per heavy atom. The van der Waals surface area contributed by atoms with Crippen molar-refractivity contribution in [2.24, 2.45) is 5.14 Å². The maximum Gasteiger partial charge on any atom is 0.341 e. The van der Waals surface area contributed by atoms with E-state index in [1.165, 1.54) is 13.8 Å². The van der Waals surface area contributed by atoms with E-state index in [4.69, 9.17) is 15.1 Å². The van der Waals surface area contributed by atoms with Crippen molar-refractivity contribution in [3.05, 3.63) is 52.8 Å². The quantitative estimate of drug-likeness (QED) is 0.537. The van der Waals surface area contributed by atoms with Crippen molar-refractivity contribution >= 4 is 20.8 Å². The Hall–Kier alpha value is -2.56. The molecule has 2 aromatic carbocycles. The molecular formula is C21H19F5N2O4S2. The predicted octanol–water partition coefficient (Wildman–Crippen LogP) is 4.55. The number of hydrogen-bond donors (Lipinski definition) is 1. The van der Waals surface area contributed by atoms with Crippen molar-refractivity contribution in [3.8, 4) is 17.6 Å². The van der Waals surface area contributed by atoms with Gasteiger partial charge in [-0.05, 0) is 50.1 Å². The van der Waals surface area contributed by atoms with Crippen molar-refractivity contribution in [3.63, 3.8) is 0 Å². The lowest BCUT2D eigenvalue weighted by Gasteiger charge is -2.29. The molecule has 0 aromatic heterocycles. The van der Waals surface area contributed by atoms with Crippen molar-refractivity contribution in [2.75, 3.05) is 0 Å². The number of ether oxygens (including phenoxy) is 1. The van der Waals surface area contributed by atoms with Gasteiger partial charge in [-0.2, -0.15) is 14.0 Å². The SMILES string of the molecule is CC(C)(C[C@H]1c2c(S(=O)(=O)C(F)F)ccc(Oc3cc(F)cc(C#N)c3)c2CC1(F)F)S(N)=O. The van der Waals surface area contributed by atoms with Crippen LogP contribution in [0.25, 0.3) is 0 Å². The number of hydrogen-bond acceptors (Lipinski definition) is 5. The second kappa shape index (κ2) is 8.90. The van der Waals surface area contributed by atoms with Gasteiger partial charge in [0.15, 0.2) is 0 Å². The van der Waals surface area contributed by atoms with E-state index in [9.17, 15) is 25.8 Å². The molecule has 0 radical (unpaired) electrons. The molecule has 2 aromatic rings. The summed E-state index contributed by atoms with van der Waals surface area (Å²) in [5.41, 5.74) is -1.07. The second-order valence-corrected chi connectivity index (χ2v) is 12.0. The van der Waals surface area contributed by atoms with Crippen molar-refractivity contribution in [2.45, 2.75) is 53.9 Å². The van der Waals surface area contributed by atoms with Crippen molar-refractivity contribution < 1.29 is 39.3 Å². The number of fused-ring (bicyclic) bond motifs is 1. The standard InChI is InChI=1S/C21H19F5N2O4S2/c1-20(2,33(28)29)9-15-18-14(8-21(15,25)26)16(3-4-17(18)34(30,31)19(23)24)32-13-6-11(10-27)5-12(22)7-13/h3-7,15,19H,8-9,28H2,1-2H3/t15-,33?/m0/s1. The molecule has 2 atom stereocenters. The van der Waals surface area contributed by atoms with Gasteiger partial charge in [0.1, 0.15) is 17.3 Å². The van der Waals surface area contributed by atoms with Crippen LogP contribution in [0, 0.1) is 17.1 Å². The Balaban J connectivity index is 2.24. The highest BCUT2D eigenvalue weighted by atomic mass is 32.2. The van der Waals surface area contributed by atoms with E-state index in [0.717, 1.165) is 30.3 Å². The maximum absolute atomic E-state index is 15.2. The van der Waals surface area contributed by atoms with Gasteiger partial charge in [-0.3, -0.25) is 5.14 Å². The Labute approximate surface area is 195 Å². The molecule has 0 spiro atoms. The molecule has 0 fully saturated rings. The van der Waals surface area contributed by atoms with Crippen molar-refractivity contribution in [1.29, 1.82) is 5.26 Å². The molecule has 0 amide bonds. The zero-order valence-electron chi connectivity index (χ0n) is 17.8. The summed E-state index contributed by atoms with van der Waals surface area (Å²) < 4.78 is 112. The molecule has 0 bridgehead atoms. The van der Waals surface area contributed by atoms with Crippen LogP contribution >= 0.6 is 0 Å². The zero-order chi connectivity index (χ0) is 25.6. The van der Waals surface area contributed by atoms with Crippen LogP contribution in [0.15, 0.2) is 35.2 Å². The smallest absolute Gasteiger partial charge is 0.341 e. The van der Waals surface area contributed by atoms with E-state index < -0.39 is 72.3 Å². The third-order valence-electron chi connectivity index (χ3n) is 5.55. The van der Waals surface area contributed by atoms with Crippen LogP contribution in [0.1, 0.15) is 42.9 Å². The van der Waals surface area contributed by atoms with E-state index in [1.54, 1.807) is 6.07 Å². The lowest BCUT2D eigenvalue weighted by Crippen LogP contribution is -2.37. The lowest BCUT2D eigenvalue weighted by atomic mass is 9.89. The summed E-state index contributed by atoms with van der Waals surface area (Å²) in [5, 5.41) is 14.4. The Kier molecular flexibility index (Phi) is 6.82. The zero-order valence-corrected chi connectivity index (χ0v) is 19.5. The summed E-state index contributed by atoms with van der Waals surface area (Å²) in [6.45, 7) is 2.66. The maximum atomic E-state index is 15.2. The minimum atomic E-state index is -5.30. The molecule has 1 aliphatic carbocycles. The normalized spacial score (nSPS) is 18.4. The van der Waals surface area contributed by atoms with Gasteiger partial charge in [0.05, 0.1) is 38.2 Å². The number of nitrogens with zero attached hydrogens (tertiary/aromatic N) is 1. The van der Waals surface area contributed by atoms with E-state index in [1.807, 2.05) is 0 Å². The van der Waals surface area contributed by atoms with E-state index in [-0.39, 0.29) is 22.6 Å². The van der Waals surface area contributed by atoms with Crippen LogP contribution in [-0.4, -0.2) is 29.1 Å². The average molecular weight is 523 g/mol. The Bertz CT molecular complexity index is 1310. The first-order valence-corrected chi connectivity index (χ1v) is 12.5. The van der Waals surface area contributed by atoms with Gasteiger partial charge in [-0.25, -0.2) is 25.8 Å². The summed E-state index contributed by atoms with van der Waals surface area (Å²) in [6.07, 6.45) is -1.65. The Morgan fingerprint density at radius 2 is 1.94 bits per heavy atom.